The summed E-state index contributed by atoms with van der Waals surface area (Å²) in [7, 11) is 0. The van der Waals surface area contributed by atoms with E-state index in [1.165, 1.54) is 6.20 Å². The van der Waals surface area contributed by atoms with Gasteiger partial charge in [0.15, 0.2) is 0 Å². The molecular weight excluding hydrogens is 160 g/mol. The Kier molecular flexibility index (Phi) is 2.65. The highest BCUT2D eigenvalue weighted by molar-refractivity contribution is 5.97. The Bertz CT molecular complexity index is 270. The minimum Gasteiger partial charge on any atom is -0.367 e. The summed E-state index contributed by atoms with van der Waals surface area (Å²) in [5.41, 5.74) is 10.7. The normalized spacial score (nSPS) is 9.75. The number of nitrogen functional groups attached to an aromatic ring is 1. The van der Waals surface area contributed by atoms with E-state index in [1.807, 2.05) is 0 Å². The van der Waals surface area contributed by atoms with E-state index in [2.05, 4.69) is 15.0 Å². The van der Waals surface area contributed by atoms with Crippen LogP contribution in [0.25, 0.3) is 0 Å². The van der Waals surface area contributed by atoms with Crippen molar-refractivity contribution in [3.05, 3.63) is 11.8 Å². The molecule has 0 spiro atoms. The summed E-state index contributed by atoms with van der Waals surface area (Å²) in [6.07, 6.45) is 1.27. The highest BCUT2D eigenvalue weighted by Gasteiger charge is 2.11. The number of nitrogens with two attached hydrogens (primary N) is 2. The van der Waals surface area contributed by atoms with Gasteiger partial charge in [0.2, 0.25) is 5.88 Å². The number of nitrogens with one attached hydrogen (secondary N) is 1. The fraction of sp³-hybridized carbons (Fsp3) is 0.333. The van der Waals surface area contributed by atoms with Crippen molar-refractivity contribution < 1.29 is 9.32 Å². The molecule has 0 bridgehead atoms. The second-order valence-corrected chi connectivity index (χ2v) is 2.15. The summed E-state index contributed by atoms with van der Waals surface area (Å²) in [5.74, 6) is -0.302. The molecule has 0 saturated carbocycles. The van der Waals surface area contributed by atoms with Crippen molar-refractivity contribution in [1.82, 2.24) is 10.5 Å². The molecule has 0 aliphatic heterocycles. The second kappa shape index (κ2) is 3.72. The number of amides is 1. The quantitative estimate of drug-likeness (QED) is 0.536. The third-order valence-corrected chi connectivity index (χ3v) is 1.27. The third-order valence-electron chi connectivity index (χ3n) is 1.27. The van der Waals surface area contributed by atoms with E-state index >= 15 is 0 Å². The Hall–Kier alpha value is -1.56. The molecule has 12 heavy (non-hydrogen) atoms. The van der Waals surface area contributed by atoms with E-state index in [9.17, 15) is 4.79 Å². The van der Waals surface area contributed by atoms with E-state index in [-0.39, 0.29) is 17.4 Å². The highest BCUT2D eigenvalue weighted by Crippen LogP contribution is 2.08. The predicted molar refractivity (Wildman–Crippen MR) is 42.3 cm³/mol. The molecule has 0 aliphatic carbocycles. The zero-order valence-electron chi connectivity index (χ0n) is 6.41. The standard InChI is InChI=1S/C6H10N4O2/c7-1-2-9-6(11)4-3-10-12-5(4)8/h3H,1-2,7-8H2,(H,9,11). The first-order valence-corrected chi connectivity index (χ1v) is 3.44. The topological polar surface area (TPSA) is 107 Å². The Morgan fingerprint density at radius 2 is 2.50 bits per heavy atom. The summed E-state index contributed by atoms with van der Waals surface area (Å²) in [5, 5.41) is 5.89. The molecule has 0 saturated heterocycles. The van der Waals surface area contributed by atoms with Crippen LogP contribution in [0.5, 0.6) is 0 Å². The van der Waals surface area contributed by atoms with Crippen molar-refractivity contribution in [2.45, 2.75) is 0 Å². The molecule has 6 heteroatoms. The molecule has 1 rings (SSSR count). The second-order valence-electron chi connectivity index (χ2n) is 2.15. The van der Waals surface area contributed by atoms with Crippen molar-refractivity contribution >= 4 is 11.8 Å². The number of aromatic nitrogens is 1. The van der Waals surface area contributed by atoms with Gasteiger partial charge in [0, 0.05) is 13.1 Å². The lowest BCUT2D eigenvalue weighted by molar-refractivity contribution is 0.0955. The molecule has 6 nitrogen and oxygen atoms in total. The number of rotatable bonds is 3. The van der Waals surface area contributed by atoms with Gasteiger partial charge in [-0.15, -0.1) is 0 Å². The van der Waals surface area contributed by atoms with Crippen molar-refractivity contribution in [2.24, 2.45) is 5.73 Å². The van der Waals surface area contributed by atoms with Gasteiger partial charge in [0.05, 0.1) is 6.20 Å². The van der Waals surface area contributed by atoms with Gasteiger partial charge in [-0.25, -0.2) is 0 Å². The molecule has 1 aromatic heterocycles. The predicted octanol–water partition coefficient (Wildman–Crippen LogP) is -1.05. The van der Waals surface area contributed by atoms with Gasteiger partial charge in [-0.2, -0.15) is 0 Å². The average molecular weight is 170 g/mol. The van der Waals surface area contributed by atoms with E-state index in [1.54, 1.807) is 0 Å². The lowest BCUT2D eigenvalue weighted by atomic mass is 10.3. The number of carbonyl (C=O) groups excluding carboxylic acids is 1. The van der Waals surface area contributed by atoms with E-state index in [0.717, 1.165) is 0 Å². The van der Waals surface area contributed by atoms with Crippen LogP contribution >= 0.6 is 0 Å². The number of hydrogen-bond acceptors (Lipinski definition) is 5. The zero-order valence-corrected chi connectivity index (χ0v) is 6.41. The van der Waals surface area contributed by atoms with Crippen LogP contribution in [0.2, 0.25) is 0 Å². The first-order valence-electron chi connectivity index (χ1n) is 3.44. The maximum absolute atomic E-state index is 11.1. The minimum absolute atomic E-state index is 0.0181. The van der Waals surface area contributed by atoms with Crippen LogP contribution in [0, 0.1) is 0 Å². The summed E-state index contributed by atoms with van der Waals surface area (Å²) < 4.78 is 4.50. The lowest BCUT2D eigenvalue weighted by Gasteiger charge is -1.99. The van der Waals surface area contributed by atoms with E-state index < -0.39 is 0 Å². The Morgan fingerprint density at radius 3 is 3.00 bits per heavy atom. The first-order chi connectivity index (χ1) is 5.75. The van der Waals surface area contributed by atoms with Crippen LogP contribution in [0.1, 0.15) is 10.4 Å². The third kappa shape index (κ3) is 1.73. The average Bonchev–Trinajstić information content (AvgIpc) is 2.47. The SMILES string of the molecule is NCCNC(=O)c1cnoc1N. The van der Waals surface area contributed by atoms with E-state index in [0.29, 0.717) is 13.1 Å². The highest BCUT2D eigenvalue weighted by atomic mass is 16.5. The Morgan fingerprint density at radius 1 is 1.75 bits per heavy atom. The molecule has 1 heterocycles. The smallest absolute Gasteiger partial charge is 0.258 e. The monoisotopic (exact) mass is 170 g/mol. The van der Waals surface area contributed by atoms with Crippen molar-refractivity contribution in [3.8, 4) is 0 Å². The summed E-state index contributed by atoms with van der Waals surface area (Å²) in [6.45, 7) is 0.792. The minimum atomic E-state index is -0.320. The van der Waals surface area contributed by atoms with Gasteiger partial charge in [0.1, 0.15) is 5.56 Å². The van der Waals surface area contributed by atoms with Crippen LogP contribution in [0.4, 0.5) is 5.88 Å². The van der Waals surface area contributed by atoms with Gasteiger partial charge in [-0.3, -0.25) is 4.79 Å². The van der Waals surface area contributed by atoms with E-state index in [4.69, 9.17) is 11.5 Å². The molecule has 0 aromatic carbocycles. The molecular formula is C6H10N4O2. The lowest BCUT2D eigenvalue weighted by Crippen LogP contribution is -2.29. The zero-order chi connectivity index (χ0) is 8.97. The molecule has 5 N–H and O–H groups in total. The summed E-state index contributed by atoms with van der Waals surface area (Å²) >= 11 is 0. The van der Waals surface area contributed by atoms with Crippen molar-refractivity contribution in [3.63, 3.8) is 0 Å². The number of anilines is 1. The first kappa shape index (κ1) is 8.54. The van der Waals surface area contributed by atoms with Crippen LogP contribution in [0.15, 0.2) is 10.7 Å². The number of carbonyl (C=O) groups is 1. The molecule has 0 radical (unpaired) electrons. The van der Waals surface area contributed by atoms with Crippen LogP contribution < -0.4 is 16.8 Å². The molecule has 0 fully saturated rings. The molecule has 1 amide bonds. The van der Waals surface area contributed by atoms with Crippen LogP contribution in [-0.4, -0.2) is 24.2 Å². The van der Waals surface area contributed by atoms with Gasteiger partial charge in [-0.05, 0) is 0 Å². The molecule has 0 unspecified atom stereocenters. The number of nitrogens with zero attached hydrogens (tertiary/aromatic N) is 1. The van der Waals surface area contributed by atoms with Gasteiger partial charge < -0.3 is 21.3 Å². The van der Waals surface area contributed by atoms with Crippen LogP contribution in [-0.2, 0) is 0 Å². The molecule has 1 aromatic rings. The maximum atomic E-state index is 11.1. The maximum Gasteiger partial charge on any atom is 0.258 e. The van der Waals surface area contributed by atoms with Gasteiger partial charge >= 0.3 is 0 Å². The number of hydrogen-bond donors (Lipinski definition) is 3. The Balaban J connectivity index is 2.59. The van der Waals surface area contributed by atoms with Crippen LogP contribution in [0.3, 0.4) is 0 Å². The van der Waals surface area contributed by atoms with Crippen molar-refractivity contribution in [1.29, 1.82) is 0 Å². The summed E-state index contributed by atoms with van der Waals surface area (Å²) in [4.78, 5) is 11.1. The fourth-order valence-corrected chi connectivity index (χ4v) is 0.700. The molecule has 0 aliphatic rings. The fourth-order valence-electron chi connectivity index (χ4n) is 0.700. The van der Waals surface area contributed by atoms with Gasteiger partial charge in [0.25, 0.3) is 5.91 Å². The summed E-state index contributed by atoms with van der Waals surface area (Å²) in [6, 6.07) is 0. The van der Waals surface area contributed by atoms with Gasteiger partial charge in [-0.1, -0.05) is 5.16 Å². The molecule has 66 valence electrons. The van der Waals surface area contributed by atoms with Crippen molar-refractivity contribution in [2.75, 3.05) is 18.8 Å². The molecule has 0 atom stereocenters. The largest absolute Gasteiger partial charge is 0.367 e. The Labute approximate surface area is 68.9 Å².